The lowest BCUT2D eigenvalue weighted by atomic mass is 10.0. The summed E-state index contributed by atoms with van der Waals surface area (Å²) in [5.74, 6) is 1.02. The molecule has 5 heteroatoms. The third-order valence-corrected chi connectivity index (χ3v) is 3.16. The lowest BCUT2D eigenvalue weighted by Crippen LogP contribution is -2.13. The van der Waals surface area contributed by atoms with Crippen LogP contribution in [0.15, 0.2) is 9.13 Å². The molecular formula is C9H11BrN2O2. The molecule has 76 valence electrons. The molecule has 1 aromatic heterocycles. The lowest BCUT2D eigenvalue weighted by Gasteiger charge is -2.06. The highest BCUT2D eigenvalue weighted by Gasteiger charge is 2.28. The van der Waals surface area contributed by atoms with Crippen LogP contribution in [0.5, 0.6) is 0 Å². The second kappa shape index (κ2) is 3.82. The summed E-state index contributed by atoms with van der Waals surface area (Å²) in [5, 5.41) is 3.75. The van der Waals surface area contributed by atoms with Gasteiger partial charge >= 0.3 is 0 Å². The van der Waals surface area contributed by atoms with E-state index in [1.807, 2.05) is 0 Å². The monoisotopic (exact) mass is 258 g/mol. The Morgan fingerprint density at radius 3 is 3.07 bits per heavy atom. The summed E-state index contributed by atoms with van der Waals surface area (Å²) in [7, 11) is 2.06. The molecule has 0 aliphatic carbocycles. The maximum absolute atomic E-state index is 10.8. The molecule has 2 rings (SSSR count). The molecule has 1 aliphatic rings. The minimum absolute atomic E-state index is 0.305. The first-order chi connectivity index (χ1) is 6.72. The number of aromatic nitrogens is 1. The van der Waals surface area contributed by atoms with Gasteiger partial charge in [0.25, 0.3) is 0 Å². The molecular weight excluding hydrogens is 248 g/mol. The van der Waals surface area contributed by atoms with Gasteiger partial charge in [-0.2, -0.15) is 0 Å². The Hall–Kier alpha value is -0.680. The number of carbonyl (C=O) groups is 1. The van der Waals surface area contributed by atoms with Crippen molar-refractivity contribution in [3.8, 4) is 0 Å². The van der Waals surface area contributed by atoms with Crippen LogP contribution in [-0.2, 0) is 0 Å². The molecule has 0 saturated carbocycles. The van der Waals surface area contributed by atoms with Crippen molar-refractivity contribution in [1.29, 1.82) is 0 Å². The molecule has 1 saturated heterocycles. The second-order valence-electron chi connectivity index (χ2n) is 3.62. The number of likely N-dealkylation sites (tertiary alicyclic amines) is 1. The van der Waals surface area contributed by atoms with Crippen molar-refractivity contribution in [2.75, 3.05) is 20.1 Å². The predicted molar refractivity (Wildman–Crippen MR) is 54.4 cm³/mol. The van der Waals surface area contributed by atoms with Crippen LogP contribution in [0.1, 0.15) is 28.5 Å². The molecule has 2 heterocycles. The molecule has 14 heavy (non-hydrogen) atoms. The van der Waals surface area contributed by atoms with Crippen LogP contribution >= 0.6 is 15.9 Å². The Morgan fingerprint density at radius 2 is 2.50 bits per heavy atom. The Bertz CT molecular complexity index is 351. The van der Waals surface area contributed by atoms with Gasteiger partial charge in [0.2, 0.25) is 0 Å². The summed E-state index contributed by atoms with van der Waals surface area (Å²) < 4.78 is 5.67. The third-order valence-electron chi connectivity index (χ3n) is 2.59. The van der Waals surface area contributed by atoms with Crippen molar-refractivity contribution >= 4 is 22.2 Å². The van der Waals surface area contributed by atoms with E-state index in [4.69, 9.17) is 4.52 Å². The van der Waals surface area contributed by atoms with Crippen molar-refractivity contribution in [2.24, 2.45) is 0 Å². The van der Waals surface area contributed by atoms with E-state index in [2.05, 4.69) is 33.0 Å². The van der Waals surface area contributed by atoms with Gasteiger partial charge in [-0.3, -0.25) is 4.79 Å². The molecule has 1 fully saturated rings. The molecule has 0 aromatic carbocycles. The van der Waals surface area contributed by atoms with Crippen molar-refractivity contribution < 1.29 is 9.32 Å². The summed E-state index contributed by atoms with van der Waals surface area (Å²) in [6.45, 7) is 1.98. The lowest BCUT2D eigenvalue weighted by molar-refractivity contribution is 0.112. The fourth-order valence-electron chi connectivity index (χ4n) is 1.84. The van der Waals surface area contributed by atoms with Gasteiger partial charge in [0.15, 0.2) is 16.6 Å². The molecule has 1 atom stereocenters. The van der Waals surface area contributed by atoms with Gasteiger partial charge in [0, 0.05) is 12.5 Å². The normalized spacial score (nSPS) is 22.9. The quantitative estimate of drug-likeness (QED) is 0.758. The summed E-state index contributed by atoms with van der Waals surface area (Å²) in [6.07, 6.45) is 1.83. The van der Waals surface area contributed by atoms with E-state index >= 15 is 0 Å². The number of halogens is 1. The highest BCUT2D eigenvalue weighted by atomic mass is 79.9. The van der Waals surface area contributed by atoms with Gasteiger partial charge in [-0.1, -0.05) is 5.16 Å². The zero-order valence-corrected chi connectivity index (χ0v) is 9.45. The number of nitrogens with zero attached hydrogens (tertiary/aromatic N) is 2. The average molecular weight is 259 g/mol. The van der Waals surface area contributed by atoms with E-state index in [1.165, 1.54) is 0 Å². The first kappa shape index (κ1) is 9.86. The van der Waals surface area contributed by atoms with Crippen LogP contribution in [-0.4, -0.2) is 36.5 Å². The topological polar surface area (TPSA) is 46.3 Å². The Morgan fingerprint density at radius 1 is 1.71 bits per heavy atom. The smallest absolute Gasteiger partial charge is 0.160 e. The molecule has 4 nitrogen and oxygen atoms in total. The Kier molecular flexibility index (Phi) is 2.69. The summed E-state index contributed by atoms with van der Waals surface area (Å²) in [5.41, 5.74) is 0.560. The summed E-state index contributed by atoms with van der Waals surface area (Å²) in [6, 6.07) is 0. The SMILES string of the molecule is CN1CCC(c2onc(Br)c2C=O)C1. The van der Waals surface area contributed by atoms with Gasteiger partial charge in [0.05, 0.1) is 5.56 Å². The number of carbonyl (C=O) groups excluding carboxylic acids is 1. The van der Waals surface area contributed by atoms with Crippen LogP contribution in [0.25, 0.3) is 0 Å². The van der Waals surface area contributed by atoms with Gasteiger partial charge in [-0.05, 0) is 35.9 Å². The number of aldehydes is 1. The van der Waals surface area contributed by atoms with Crippen molar-refractivity contribution in [2.45, 2.75) is 12.3 Å². The molecule has 0 N–H and O–H groups in total. The zero-order valence-electron chi connectivity index (χ0n) is 7.86. The zero-order chi connectivity index (χ0) is 10.1. The minimum atomic E-state index is 0.305. The van der Waals surface area contributed by atoms with Gasteiger partial charge in [-0.15, -0.1) is 0 Å². The van der Waals surface area contributed by atoms with Crippen LogP contribution in [0, 0.1) is 0 Å². The number of hydrogen-bond donors (Lipinski definition) is 0. The second-order valence-corrected chi connectivity index (χ2v) is 4.37. The molecule has 0 bridgehead atoms. The molecule has 0 amide bonds. The maximum Gasteiger partial charge on any atom is 0.160 e. The third kappa shape index (κ3) is 1.62. The van der Waals surface area contributed by atoms with E-state index in [9.17, 15) is 4.79 Å². The highest BCUT2D eigenvalue weighted by molar-refractivity contribution is 9.10. The Balaban J connectivity index is 2.27. The van der Waals surface area contributed by atoms with E-state index in [-0.39, 0.29) is 0 Å². The summed E-state index contributed by atoms with van der Waals surface area (Å²) >= 11 is 3.19. The van der Waals surface area contributed by atoms with Crippen LogP contribution < -0.4 is 0 Å². The summed E-state index contributed by atoms with van der Waals surface area (Å²) in [4.78, 5) is 13.0. The van der Waals surface area contributed by atoms with Crippen LogP contribution in [0.3, 0.4) is 0 Å². The first-order valence-electron chi connectivity index (χ1n) is 4.51. The van der Waals surface area contributed by atoms with Crippen molar-refractivity contribution in [1.82, 2.24) is 10.1 Å². The number of likely N-dealkylation sites (N-methyl/N-ethyl adjacent to an activating group) is 1. The molecule has 0 spiro atoms. The van der Waals surface area contributed by atoms with E-state index in [1.54, 1.807) is 0 Å². The maximum atomic E-state index is 10.8. The molecule has 1 unspecified atom stereocenters. The molecule has 1 aliphatic heterocycles. The van der Waals surface area contributed by atoms with Crippen LogP contribution in [0.4, 0.5) is 0 Å². The fraction of sp³-hybridized carbons (Fsp3) is 0.556. The predicted octanol–water partition coefficient (Wildman–Crippen LogP) is 1.67. The first-order valence-corrected chi connectivity index (χ1v) is 5.30. The Labute approximate surface area is 90.4 Å². The number of hydrogen-bond acceptors (Lipinski definition) is 4. The highest BCUT2D eigenvalue weighted by Crippen LogP contribution is 2.31. The van der Waals surface area contributed by atoms with E-state index in [0.717, 1.165) is 31.6 Å². The van der Waals surface area contributed by atoms with Crippen molar-refractivity contribution in [3.63, 3.8) is 0 Å². The number of rotatable bonds is 2. The minimum Gasteiger partial charge on any atom is -0.359 e. The van der Waals surface area contributed by atoms with Crippen molar-refractivity contribution in [3.05, 3.63) is 15.9 Å². The fourth-order valence-corrected chi connectivity index (χ4v) is 2.20. The largest absolute Gasteiger partial charge is 0.359 e. The van der Waals surface area contributed by atoms with Gasteiger partial charge in [0.1, 0.15) is 0 Å². The van der Waals surface area contributed by atoms with E-state index in [0.29, 0.717) is 16.1 Å². The van der Waals surface area contributed by atoms with Crippen LogP contribution in [0.2, 0.25) is 0 Å². The van der Waals surface area contributed by atoms with Gasteiger partial charge in [-0.25, -0.2) is 0 Å². The van der Waals surface area contributed by atoms with Gasteiger partial charge < -0.3 is 9.42 Å². The molecule has 1 aromatic rings. The average Bonchev–Trinajstić information content (AvgIpc) is 2.71. The molecule has 0 radical (unpaired) electrons. The standard InChI is InChI=1S/C9H11BrN2O2/c1-12-3-2-6(4-12)8-7(5-13)9(10)11-14-8/h5-6H,2-4H2,1H3. The van der Waals surface area contributed by atoms with E-state index < -0.39 is 0 Å².